The van der Waals surface area contributed by atoms with Crippen LogP contribution in [0, 0.1) is 0 Å². The fourth-order valence-corrected chi connectivity index (χ4v) is 4.29. The molecule has 0 radical (unpaired) electrons. The van der Waals surface area contributed by atoms with E-state index in [1.165, 1.54) is 11.3 Å². The topological polar surface area (TPSA) is 94.8 Å². The molecule has 0 aromatic carbocycles. The van der Waals surface area contributed by atoms with Crippen LogP contribution in [-0.4, -0.2) is 38.1 Å². The molecule has 9 heteroatoms. The quantitative estimate of drug-likeness (QED) is 0.682. The van der Waals surface area contributed by atoms with Gasteiger partial charge in [-0.25, -0.2) is 4.68 Å². The van der Waals surface area contributed by atoms with Gasteiger partial charge in [0.05, 0.1) is 11.7 Å². The molecule has 1 saturated carbocycles. The van der Waals surface area contributed by atoms with Crippen LogP contribution in [0.5, 0.6) is 0 Å². The maximum absolute atomic E-state index is 12.4. The highest BCUT2D eigenvalue weighted by molar-refractivity contribution is 7.15. The minimum Gasteiger partial charge on any atom is -0.377 e. The van der Waals surface area contributed by atoms with Gasteiger partial charge in [-0.05, 0) is 43.9 Å². The largest absolute Gasteiger partial charge is 0.377 e. The van der Waals surface area contributed by atoms with Crippen molar-refractivity contribution in [1.82, 2.24) is 25.0 Å². The van der Waals surface area contributed by atoms with Gasteiger partial charge < -0.3 is 10.1 Å². The zero-order valence-electron chi connectivity index (χ0n) is 15.6. The van der Waals surface area contributed by atoms with Crippen molar-refractivity contribution in [1.29, 1.82) is 0 Å². The van der Waals surface area contributed by atoms with E-state index in [2.05, 4.69) is 25.6 Å². The molecule has 1 fully saturated rings. The van der Waals surface area contributed by atoms with Crippen LogP contribution in [0.4, 0.5) is 5.13 Å². The highest BCUT2D eigenvalue weighted by Crippen LogP contribution is 2.30. The van der Waals surface area contributed by atoms with Gasteiger partial charge in [-0.1, -0.05) is 11.3 Å². The lowest BCUT2D eigenvalue weighted by Gasteiger charge is -2.29. The number of hydrogen-bond acceptors (Lipinski definition) is 8. The van der Waals surface area contributed by atoms with Gasteiger partial charge in [0.1, 0.15) is 11.6 Å². The summed E-state index contributed by atoms with van der Waals surface area (Å²) in [5.41, 5.74) is 1.70. The smallest absolute Gasteiger partial charge is 0.267 e. The van der Waals surface area contributed by atoms with Crippen LogP contribution in [0.15, 0.2) is 41.5 Å². The second-order valence-corrected chi connectivity index (χ2v) is 7.88. The van der Waals surface area contributed by atoms with Gasteiger partial charge in [0, 0.05) is 37.2 Å². The van der Waals surface area contributed by atoms with Crippen LogP contribution in [0.25, 0.3) is 11.3 Å². The Morgan fingerprint density at radius 2 is 1.93 bits per heavy atom. The third kappa shape index (κ3) is 4.26. The molecule has 0 saturated heterocycles. The standard InChI is InChI=1S/C19H22N6O2S/c1-27-12-17-22-23-19(28-17)21-14-2-4-15(5-3-14)25-18(26)7-6-16(24-25)13-8-10-20-11-9-13/h6-11,14-15H,2-5,12H2,1H3,(H,21,23). The number of ether oxygens (including phenoxy) is 1. The fourth-order valence-electron chi connectivity index (χ4n) is 3.50. The van der Waals surface area contributed by atoms with Crippen molar-refractivity contribution in [2.24, 2.45) is 0 Å². The predicted molar refractivity (Wildman–Crippen MR) is 107 cm³/mol. The summed E-state index contributed by atoms with van der Waals surface area (Å²) in [7, 11) is 1.65. The minimum atomic E-state index is -0.0532. The van der Waals surface area contributed by atoms with E-state index in [9.17, 15) is 4.79 Å². The van der Waals surface area contributed by atoms with Crippen molar-refractivity contribution >= 4 is 16.5 Å². The Hall–Kier alpha value is -2.65. The molecule has 3 aromatic rings. The number of methoxy groups -OCH3 is 1. The van der Waals surface area contributed by atoms with Crippen molar-refractivity contribution < 1.29 is 4.74 Å². The van der Waals surface area contributed by atoms with Gasteiger partial charge in [-0.3, -0.25) is 9.78 Å². The molecule has 0 atom stereocenters. The SMILES string of the molecule is COCc1nnc(NC2CCC(n3nc(-c4ccncc4)ccc3=O)CC2)s1. The first-order chi connectivity index (χ1) is 13.7. The maximum Gasteiger partial charge on any atom is 0.267 e. The third-order valence-corrected chi connectivity index (χ3v) is 5.73. The number of nitrogens with one attached hydrogen (secondary N) is 1. The summed E-state index contributed by atoms with van der Waals surface area (Å²) in [5.74, 6) is 0. The molecule has 1 aliphatic rings. The first-order valence-corrected chi connectivity index (χ1v) is 10.1. The molecule has 0 amide bonds. The molecule has 3 heterocycles. The zero-order chi connectivity index (χ0) is 19.3. The Kier molecular flexibility index (Phi) is 5.73. The van der Waals surface area contributed by atoms with Gasteiger partial charge in [-0.15, -0.1) is 10.2 Å². The highest BCUT2D eigenvalue weighted by Gasteiger charge is 2.24. The summed E-state index contributed by atoms with van der Waals surface area (Å²) < 4.78 is 6.73. The van der Waals surface area contributed by atoms with E-state index in [0.717, 1.165) is 47.1 Å². The van der Waals surface area contributed by atoms with Crippen molar-refractivity contribution in [3.05, 3.63) is 52.0 Å². The molecule has 4 rings (SSSR count). The van der Waals surface area contributed by atoms with Crippen molar-refractivity contribution in [2.75, 3.05) is 12.4 Å². The first-order valence-electron chi connectivity index (χ1n) is 9.31. The summed E-state index contributed by atoms with van der Waals surface area (Å²) >= 11 is 1.52. The number of rotatable bonds is 6. The molecule has 0 bridgehead atoms. The molecule has 8 nitrogen and oxygen atoms in total. The molecular weight excluding hydrogens is 376 g/mol. The van der Waals surface area contributed by atoms with Gasteiger partial charge in [0.2, 0.25) is 5.13 Å². The number of anilines is 1. The second kappa shape index (κ2) is 8.57. The van der Waals surface area contributed by atoms with E-state index in [0.29, 0.717) is 12.6 Å². The van der Waals surface area contributed by atoms with Crippen molar-refractivity contribution in [2.45, 2.75) is 44.4 Å². The van der Waals surface area contributed by atoms with Crippen LogP contribution in [0.1, 0.15) is 36.7 Å². The maximum atomic E-state index is 12.4. The minimum absolute atomic E-state index is 0.0532. The molecular formula is C19H22N6O2S. The van der Waals surface area contributed by atoms with Gasteiger partial charge in [0.15, 0.2) is 0 Å². The van der Waals surface area contributed by atoms with E-state index in [1.54, 1.807) is 36.3 Å². The van der Waals surface area contributed by atoms with Crippen LogP contribution in [0.3, 0.4) is 0 Å². The van der Waals surface area contributed by atoms with Crippen LogP contribution in [0.2, 0.25) is 0 Å². The first kappa shape index (κ1) is 18.7. The van der Waals surface area contributed by atoms with Gasteiger partial charge in [-0.2, -0.15) is 5.10 Å². The lowest BCUT2D eigenvalue weighted by atomic mass is 9.91. The molecule has 0 aliphatic heterocycles. The summed E-state index contributed by atoms with van der Waals surface area (Å²) in [6.07, 6.45) is 7.17. The van der Waals surface area contributed by atoms with Crippen molar-refractivity contribution in [3.8, 4) is 11.3 Å². The Morgan fingerprint density at radius 3 is 2.68 bits per heavy atom. The average molecular weight is 398 g/mol. The predicted octanol–water partition coefficient (Wildman–Crippen LogP) is 2.90. The van der Waals surface area contributed by atoms with Crippen LogP contribution in [-0.2, 0) is 11.3 Å². The third-order valence-electron chi connectivity index (χ3n) is 4.91. The summed E-state index contributed by atoms with van der Waals surface area (Å²) in [5, 5.41) is 18.0. The molecule has 146 valence electrons. The molecule has 1 N–H and O–H groups in total. The summed E-state index contributed by atoms with van der Waals surface area (Å²) in [4.78, 5) is 16.4. The Balaban J connectivity index is 1.41. The number of hydrogen-bond donors (Lipinski definition) is 1. The Labute approximate surface area is 166 Å². The highest BCUT2D eigenvalue weighted by atomic mass is 32.1. The molecule has 3 aromatic heterocycles. The normalized spacial score (nSPS) is 19.5. The number of aromatic nitrogens is 5. The van der Waals surface area contributed by atoms with E-state index in [-0.39, 0.29) is 11.6 Å². The Morgan fingerprint density at radius 1 is 1.14 bits per heavy atom. The van der Waals surface area contributed by atoms with Crippen LogP contribution >= 0.6 is 11.3 Å². The zero-order valence-corrected chi connectivity index (χ0v) is 16.4. The summed E-state index contributed by atoms with van der Waals surface area (Å²) in [6, 6.07) is 7.63. The van der Waals surface area contributed by atoms with Gasteiger partial charge in [0.25, 0.3) is 5.56 Å². The lowest BCUT2D eigenvalue weighted by molar-refractivity contribution is 0.184. The van der Waals surface area contributed by atoms with E-state index < -0.39 is 0 Å². The molecule has 0 unspecified atom stereocenters. The molecule has 1 aliphatic carbocycles. The van der Waals surface area contributed by atoms with E-state index >= 15 is 0 Å². The number of pyridine rings is 1. The van der Waals surface area contributed by atoms with E-state index in [4.69, 9.17) is 4.74 Å². The van der Waals surface area contributed by atoms with E-state index in [1.807, 2.05) is 12.1 Å². The summed E-state index contributed by atoms with van der Waals surface area (Å²) in [6.45, 7) is 0.481. The molecule has 0 spiro atoms. The second-order valence-electron chi connectivity index (χ2n) is 6.82. The van der Waals surface area contributed by atoms with Gasteiger partial charge >= 0.3 is 0 Å². The fraction of sp³-hybridized carbons (Fsp3) is 0.421. The molecule has 28 heavy (non-hydrogen) atoms. The average Bonchev–Trinajstić information content (AvgIpc) is 3.17. The number of nitrogens with zero attached hydrogens (tertiary/aromatic N) is 5. The Bertz CT molecular complexity index is 966. The lowest BCUT2D eigenvalue weighted by Crippen LogP contribution is -2.33. The monoisotopic (exact) mass is 398 g/mol. The van der Waals surface area contributed by atoms with Crippen LogP contribution < -0.4 is 10.9 Å². The van der Waals surface area contributed by atoms with Crippen molar-refractivity contribution in [3.63, 3.8) is 0 Å².